The molecule has 9 nitrogen and oxygen atoms in total. The third-order valence-electron chi connectivity index (χ3n) is 5.78. The van der Waals surface area contributed by atoms with Crippen molar-refractivity contribution in [2.75, 3.05) is 43.4 Å². The van der Waals surface area contributed by atoms with E-state index in [0.717, 1.165) is 34.3 Å². The number of halogens is 1. The molecule has 0 radical (unpaired) electrons. The van der Waals surface area contributed by atoms with Gasteiger partial charge < -0.3 is 20.9 Å². The summed E-state index contributed by atoms with van der Waals surface area (Å²) in [5.74, 6) is 0.0863. The first kappa shape index (κ1) is 21.0. The zero-order chi connectivity index (χ0) is 22.0. The zero-order valence-electron chi connectivity index (χ0n) is 17.1. The lowest BCUT2D eigenvalue weighted by Gasteiger charge is -2.37. The molecule has 2 fully saturated rings. The number of fused-ring (bicyclic) bond motifs is 1. The second-order valence-corrected chi connectivity index (χ2v) is 8.23. The van der Waals surface area contributed by atoms with Gasteiger partial charge in [0, 0.05) is 54.9 Å². The van der Waals surface area contributed by atoms with Crippen LogP contribution in [0.1, 0.15) is 19.3 Å². The highest BCUT2D eigenvalue weighted by atomic mass is 35.5. The molecule has 2 aliphatic heterocycles. The fraction of sp³-hybridized carbons (Fsp3) is 0.429. The number of urea groups is 1. The Kier molecular flexibility index (Phi) is 6.00. The van der Waals surface area contributed by atoms with Gasteiger partial charge in [-0.05, 0) is 37.5 Å². The maximum Gasteiger partial charge on any atom is 0.318 e. The minimum absolute atomic E-state index is 0.274. The number of piperazine rings is 1. The molecule has 3 N–H and O–H groups in total. The Morgan fingerprint density at radius 1 is 1.19 bits per heavy atom. The highest BCUT2D eigenvalue weighted by Crippen LogP contribution is 2.30. The third-order valence-corrected chi connectivity index (χ3v) is 6.02. The monoisotopic (exact) mass is 441 g/mol. The normalized spacial score (nSPS) is 19.8. The summed E-state index contributed by atoms with van der Waals surface area (Å²) in [7, 11) is 0. The van der Waals surface area contributed by atoms with Gasteiger partial charge in [0.1, 0.15) is 11.9 Å². The van der Waals surface area contributed by atoms with E-state index in [1.165, 1.54) is 0 Å². The molecule has 1 aromatic carbocycles. The van der Waals surface area contributed by atoms with Crippen LogP contribution < -0.4 is 16.0 Å². The van der Waals surface area contributed by atoms with Crippen LogP contribution in [0, 0.1) is 11.5 Å². The molecular weight excluding hydrogens is 418 g/mol. The number of nitriles is 1. The van der Waals surface area contributed by atoms with Crippen LogP contribution in [-0.4, -0.2) is 65.5 Å². The van der Waals surface area contributed by atoms with Gasteiger partial charge in [-0.2, -0.15) is 5.26 Å². The molecular formula is C21H24ClN7O2. The van der Waals surface area contributed by atoms with Crippen LogP contribution >= 0.6 is 11.6 Å². The molecule has 0 bridgehead atoms. The van der Waals surface area contributed by atoms with E-state index in [-0.39, 0.29) is 11.9 Å². The van der Waals surface area contributed by atoms with Crippen molar-refractivity contribution in [3.05, 3.63) is 29.3 Å². The number of benzene rings is 1. The van der Waals surface area contributed by atoms with Crippen molar-refractivity contribution in [1.29, 1.82) is 5.26 Å². The van der Waals surface area contributed by atoms with Crippen LogP contribution in [0.3, 0.4) is 0 Å². The topological polar surface area (TPSA) is 119 Å². The highest BCUT2D eigenvalue weighted by molar-refractivity contribution is 6.31. The maximum absolute atomic E-state index is 12.8. The molecule has 10 heteroatoms. The number of nitrogens with zero attached hydrogens (tertiary/aromatic N) is 5. The number of amides is 3. The van der Waals surface area contributed by atoms with Crippen molar-refractivity contribution in [1.82, 2.24) is 20.1 Å². The van der Waals surface area contributed by atoms with Gasteiger partial charge in [0.2, 0.25) is 0 Å². The highest BCUT2D eigenvalue weighted by Gasteiger charge is 2.31. The second kappa shape index (κ2) is 8.86. The Bertz CT molecular complexity index is 1040. The van der Waals surface area contributed by atoms with Crippen LogP contribution in [0.15, 0.2) is 24.3 Å². The van der Waals surface area contributed by atoms with E-state index < -0.39 is 6.04 Å². The Morgan fingerprint density at radius 2 is 1.97 bits per heavy atom. The van der Waals surface area contributed by atoms with Gasteiger partial charge in [0.15, 0.2) is 6.19 Å². The third kappa shape index (κ3) is 4.44. The second-order valence-electron chi connectivity index (χ2n) is 7.79. The Hall–Kier alpha value is -3.25. The molecule has 4 rings (SSSR count). The molecule has 0 spiro atoms. The number of pyridine rings is 1. The average molecular weight is 442 g/mol. The van der Waals surface area contributed by atoms with E-state index in [9.17, 15) is 9.59 Å². The Morgan fingerprint density at radius 3 is 2.71 bits per heavy atom. The van der Waals surface area contributed by atoms with Gasteiger partial charge in [-0.15, -0.1) is 0 Å². The van der Waals surface area contributed by atoms with E-state index in [4.69, 9.17) is 22.6 Å². The number of nitrogens with one attached hydrogen (secondary N) is 1. The Labute approximate surface area is 185 Å². The number of anilines is 2. The van der Waals surface area contributed by atoms with Gasteiger partial charge in [-0.3, -0.25) is 4.79 Å². The fourth-order valence-electron chi connectivity index (χ4n) is 4.13. The summed E-state index contributed by atoms with van der Waals surface area (Å²) in [6.45, 7) is 2.67. The van der Waals surface area contributed by atoms with Crippen molar-refractivity contribution >= 4 is 45.9 Å². The number of hydrogen-bond acceptors (Lipinski definition) is 6. The smallest absolute Gasteiger partial charge is 0.318 e. The average Bonchev–Trinajstić information content (AvgIpc) is 2.94. The molecule has 0 saturated carbocycles. The molecule has 162 valence electrons. The number of nitrogen functional groups attached to an aromatic ring is 1. The lowest BCUT2D eigenvalue weighted by Crippen LogP contribution is -2.55. The predicted molar refractivity (Wildman–Crippen MR) is 118 cm³/mol. The van der Waals surface area contributed by atoms with Gasteiger partial charge in [0.05, 0.1) is 5.52 Å². The summed E-state index contributed by atoms with van der Waals surface area (Å²) in [6.07, 6.45) is 4.02. The first-order chi connectivity index (χ1) is 15.0. The van der Waals surface area contributed by atoms with Crippen LogP contribution in [-0.2, 0) is 4.79 Å². The number of carbonyl (C=O) groups excluding carboxylic acids is 2. The molecule has 1 aromatic heterocycles. The maximum atomic E-state index is 12.8. The van der Waals surface area contributed by atoms with Gasteiger partial charge in [0.25, 0.3) is 5.91 Å². The molecule has 3 heterocycles. The lowest BCUT2D eigenvalue weighted by molar-refractivity contribution is -0.129. The van der Waals surface area contributed by atoms with Crippen molar-refractivity contribution in [3.8, 4) is 6.19 Å². The summed E-state index contributed by atoms with van der Waals surface area (Å²) < 4.78 is 0. The van der Waals surface area contributed by atoms with E-state index in [2.05, 4.69) is 15.2 Å². The fourth-order valence-corrected chi connectivity index (χ4v) is 4.30. The summed E-state index contributed by atoms with van der Waals surface area (Å²) in [4.78, 5) is 34.6. The molecule has 2 saturated heterocycles. The van der Waals surface area contributed by atoms with E-state index in [1.54, 1.807) is 11.0 Å². The zero-order valence-corrected chi connectivity index (χ0v) is 17.8. The van der Waals surface area contributed by atoms with Crippen LogP contribution in [0.5, 0.6) is 0 Å². The first-order valence-electron chi connectivity index (χ1n) is 10.3. The number of likely N-dealkylation sites (tertiary alicyclic amines) is 1. The summed E-state index contributed by atoms with van der Waals surface area (Å²) in [5.41, 5.74) is 7.69. The predicted octanol–water partition coefficient (Wildman–Crippen LogP) is 2.16. The SMILES string of the molecule is N#CN1CCCCC(NC(=O)N2CCN(c3cc(N)nc4cc(Cl)ccc34)CC2)C1=O. The van der Waals surface area contributed by atoms with Gasteiger partial charge in [-0.25, -0.2) is 14.7 Å². The van der Waals surface area contributed by atoms with Crippen LogP contribution in [0.25, 0.3) is 10.9 Å². The molecule has 0 aliphatic carbocycles. The molecule has 1 unspecified atom stereocenters. The summed E-state index contributed by atoms with van der Waals surface area (Å²) in [5, 5.41) is 13.5. The van der Waals surface area contributed by atoms with Crippen molar-refractivity contribution in [2.24, 2.45) is 0 Å². The lowest BCUT2D eigenvalue weighted by atomic mass is 10.1. The minimum atomic E-state index is -0.652. The van der Waals surface area contributed by atoms with E-state index in [0.29, 0.717) is 50.0 Å². The molecule has 3 amide bonds. The summed E-state index contributed by atoms with van der Waals surface area (Å²) in [6, 6.07) is 6.45. The van der Waals surface area contributed by atoms with Crippen molar-refractivity contribution in [2.45, 2.75) is 25.3 Å². The van der Waals surface area contributed by atoms with E-state index in [1.807, 2.05) is 24.4 Å². The standard InChI is InChI=1S/C21H24ClN7O2/c22-14-4-5-15-17(11-14)25-19(24)12-18(15)27-7-9-28(10-8-27)21(31)26-16-3-1-2-6-29(13-23)20(16)30/h4-5,11-12,16H,1-3,6-10H2,(H2,24,25)(H,26,31). The molecule has 2 aromatic rings. The molecule has 1 atom stereocenters. The molecule has 31 heavy (non-hydrogen) atoms. The van der Waals surface area contributed by atoms with Crippen molar-refractivity contribution in [3.63, 3.8) is 0 Å². The van der Waals surface area contributed by atoms with Gasteiger partial charge in [-0.1, -0.05) is 11.6 Å². The number of carbonyl (C=O) groups is 2. The quantitative estimate of drug-likeness (QED) is 0.689. The first-order valence-corrected chi connectivity index (χ1v) is 10.7. The van der Waals surface area contributed by atoms with Crippen LogP contribution in [0.2, 0.25) is 5.02 Å². The summed E-state index contributed by atoms with van der Waals surface area (Å²) >= 11 is 6.09. The minimum Gasteiger partial charge on any atom is -0.384 e. The van der Waals surface area contributed by atoms with Crippen molar-refractivity contribution < 1.29 is 9.59 Å². The van der Waals surface area contributed by atoms with Gasteiger partial charge >= 0.3 is 6.03 Å². The number of nitrogens with two attached hydrogens (primary N) is 1. The number of rotatable bonds is 2. The molecule has 2 aliphatic rings. The van der Waals surface area contributed by atoms with Crippen LogP contribution in [0.4, 0.5) is 16.3 Å². The van der Waals surface area contributed by atoms with E-state index >= 15 is 0 Å². The number of hydrogen-bond donors (Lipinski definition) is 2. The number of aromatic nitrogens is 1. The Balaban J connectivity index is 1.42. The largest absolute Gasteiger partial charge is 0.384 e.